The molecule has 1 aromatic heterocycles. The minimum absolute atomic E-state index is 1.07. The van der Waals surface area contributed by atoms with Crippen LogP contribution in [0.1, 0.15) is 0 Å². The second-order valence-corrected chi connectivity index (χ2v) is 4.14. The van der Waals surface area contributed by atoms with Crippen molar-refractivity contribution in [2.24, 2.45) is 0 Å². The van der Waals surface area contributed by atoms with Crippen LogP contribution in [-0.2, 0) is 0 Å². The minimum Gasteiger partial charge on any atom is -0.369 e. The lowest BCUT2D eigenvalue weighted by molar-refractivity contribution is 0.589. The summed E-state index contributed by atoms with van der Waals surface area (Å²) in [7, 11) is 0. The third-order valence-corrected chi connectivity index (χ3v) is 3.11. The molecule has 1 fully saturated rings. The van der Waals surface area contributed by atoms with Crippen LogP contribution < -0.4 is 10.2 Å². The Hall–Kier alpha value is -1.61. The van der Waals surface area contributed by atoms with Gasteiger partial charge >= 0.3 is 0 Å². The molecule has 3 rings (SSSR count). The van der Waals surface area contributed by atoms with Gasteiger partial charge in [0.05, 0.1) is 0 Å². The molecule has 0 amide bonds. The van der Waals surface area contributed by atoms with Crippen molar-refractivity contribution >= 4 is 16.5 Å². The molecule has 0 radical (unpaired) electrons. The lowest BCUT2D eigenvalue weighted by atomic mass is 10.1. The summed E-state index contributed by atoms with van der Waals surface area (Å²) in [5.74, 6) is 0. The van der Waals surface area contributed by atoms with Gasteiger partial charge in [0, 0.05) is 49.6 Å². The van der Waals surface area contributed by atoms with Gasteiger partial charge < -0.3 is 10.2 Å². The van der Waals surface area contributed by atoms with Gasteiger partial charge in [-0.05, 0) is 23.6 Å². The molecule has 1 aliphatic heterocycles. The summed E-state index contributed by atoms with van der Waals surface area (Å²) in [6, 6.07) is 8.66. The van der Waals surface area contributed by atoms with E-state index in [4.69, 9.17) is 0 Å². The Morgan fingerprint density at radius 3 is 2.81 bits per heavy atom. The summed E-state index contributed by atoms with van der Waals surface area (Å²) in [5.41, 5.74) is 1.31. The van der Waals surface area contributed by atoms with Gasteiger partial charge in [-0.1, -0.05) is 6.07 Å². The summed E-state index contributed by atoms with van der Waals surface area (Å²) in [6.07, 6.45) is 3.77. The standard InChI is InChI=1S/C13H15N3/c1-2-13(16-7-5-14-6-8-16)9-12-10-15-4-3-11(1)12/h1-4,9-10,14H,5-8H2. The molecule has 2 heterocycles. The van der Waals surface area contributed by atoms with E-state index in [9.17, 15) is 0 Å². The number of aromatic nitrogens is 1. The first-order valence-electron chi connectivity index (χ1n) is 5.73. The van der Waals surface area contributed by atoms with Crippen molar-refractivity contribution in [3.63, 3.8) is 0 Å². The zero-order chi connectivity index (χ0) is 10.8. The van der Waals surface area contributed by atoms with Crippen LogP contribution in [0.2, 0.25) is 0 Å². The largest absolute Gasteiger partial charge is 0.369 e. The van der Waals surface area contributed by atoms with Crippen molar-refractivity contribution in [2.45, 2.75) is 0 Å². The first-order chi connectivity index (χ1) is 7.93. The normalized spacial score (nSPS) is 16.6. The first-order valence-corrected chi connectivity index (χ1v) is 5.73. The van der Waals surface area contributed by atoms with Crippen LogP contribution in [0.4, 0.5) is 5.69 Å². The Morgan fingerprint density at radius 2 is 1.94 bits per heavy atom. The lowest BCUT2D eigenvalue weighted by Gasteiger charge is -2.29. The molecule has 1 aromatic carbocycles. The Balaban J connectivity index is 1.97. The molecule has 16 heavy (non-hydrogen) atoms. The topological polar surface area (TPSA) is 28.2 Å². The number of nitrogens with one attached hydrogen (secondary N) is 1. The number of rotatable bonds is 1. The average molecular weight is 213 g/mol. The minimum atomic E-state index is 1.07. The number of hydrogen-bond acceptors (Lipinski definition) is 3. The number of anilines is 1. The number of hydrogen-bond donors (Lipinski definition) is 1. The zero-order valence-electron chi connectivity index (χ0n) is 9.19. The first kappa shape index (κ1) is 9.60. The molecular formula is C13H15N3. The Kier molecular flexibility index (Phi) is 2.46. The lowest BCUT2D eigenvalue weighted by Crippen LogP contribution is -2.43. The molecular weight excluding hydrogens is 198 g/mol. The van der Waals surface area contributed by atoms with Crippen LogP contribution >= 0.6 is 0 Å². The van der Waals surface area contributed by atoms with Crippen LogP contribution in [0, 0.1) is 0 Å². The van der Waals surface area contributed by atoms with Crippen LogP contribution in [-0.4, -0.2) is 31.2 Å². The van der Waals surface area contributed by atoms with Gasteiger partial charge in [0.1, 0.15) is 0 Å². The van der Waals surface area contributed by atoms with E-state index in [0.29, 0.717) is 0 Å². The summed E-state index contributed by atoms with van der Waals surface area (Å²) in [6.45, 7) is 4.33. The van der Waals surface area contributed by atoms with E-state index >= 15 is 0 Å². The summed E-state index contributed by atoms with van der Waals surface area (Å²) >= 11 is 0. The highest BCUT2D eigenvalue weighted by Gasteiger charge is 2.10. The van der Waals surface area contributed by atoms with E-state index in [-0.39, 0.29) is 0 Å². The third kappa shape index (κ3) is 1.74. The van der Waals surface area contributed by atoms with Gasteiger partial charge in [0.15, 0.2) is 0 Å². The number of pyridine rings is 1. The maximum Gasteiger partial charge on any atom is 0.0374 e. The van der Waals surface area contributed by atoms with E-state index in [1.165, 1.54) is 16.5 Å². The predicted octanol–water partition coefficient (Wildman–Crippen LogP) is 1.64. The number of nitrogens with zero attached hydrogens (tertiary/aromatic N) is 2. The average Bonchev–Trinajstić information content (AvgIpc) is 2.39. The molecule has 0 aliphatic carbocycles. The monoisotopic (exact) mass is 213 g/mol. The smallest absolute Gasteiger partial charge is 0.0374 e. The van der Waals surface area contributed by atoms with E-state index in [0.717, 1.165) is 26.2 Å². The van der Waals surface area contributed by atoms with E-state index in [2.05, 4.69) is 39.5 Å². The molecule has 1 saturated heterocycles. The molecule has 3 heteroatoms. The predicted molar refractivity (Wildman–Crippen MR) is 66.8 cm³/mol. The number of fused-ring (bicyclic) bond motifs is 1. The van der Waals surface area contributed by atoms with Crippen LogP contribution in [0.3, 0.4) is 0 Å². The quantitative estimate of drug-likeness (QED) is 0.780. The van der Waals surface area contributed by atoms with Gasteiger partial charge in [0.25, 0.3) is 0 Å². The third-order valence-electron chi connectivity index (χ3n) is 3.11. The van der Waals surface area contributed by atoms with Crippen molar-refractivity contribution in [2.75, 3.05) is 31.1 Å². The fourth-order valence-corrected chi connectivity index (χ4v) is 2.19. The molecule has 82 valence electrons. The molecule has 0 saturated carbocycles. The summed E-state index contributed by atoms with van der Waals surface area (Å²) in [5, 5.41) is 5.85. The maximum absolute atomic E-state index is 4.17. The van der Waals surface area contributed by atoms with E-state index in [1.807, 2.05) is 12.4 Å². The fraction of sp³-hybridized carbons (Fsp3) is 0.308. The van der Waals surface area contributed by atoms with Crippen molar-refractivity contribution in [3.8, 4) is 0 Å². The molecule has 0 unspecified atom stereocenters. The Bertz CT molecular complexity index is 489. The van der Waals surface area contributed by atoms with E-state index in [1.54, 1.807) is 0 Å². The summed E-state index contributed by atoms with van der Waals surface area (Å²) < 4.78 is 0. The molecule has 1 N–H and O–H groups in total. The van der Waals surface area contributed by atoms with E-state index < -0.39 is 0 Å². The molecule has 3 nitrogen and oxygen atoms in total. The van der Waals surface area contributed by atoms with Crippen LogP contribution in [0.15, 0.2) is 36.7 Å². The summed E-state index contributed by atoms with van der Waals surface area (Å²) in [4.78, 5) is 6.59. The molecule has 1 aliphatic rings. The van der Waals surface area contributed by atoms with Gasteiger partial charge in [-0.3, -0.25) is 4.98 Å². The molecule has 0 spiro atoms. The second kappa shape index (κ2) is 4.10. The highest BCUT2D eigenvalue weighted by molar-refractivity contribution is 5.85. The molecule has 0 bridgehead atoms. The van der Waals surface area contributed by atoms with Gasteiger partial charge in [-0.25, -0.2) is 0 Å². The zero-order valence-corrected chi connectivity index (χ0v) is 9.19. The number of benzene rings is 1. The van der Waals surface area contributed by atoms with Crippen molar-refractivity contribution in [1.82, 2.24) is 10.3 Å². The number of piperazine rings is 1. The van der Waals surface area contributed by atoms with Crippen LogP contribution in [0.5, 0.6) is 0 Å². The van der Waals surface area contributed by atoms with Crippen molar-refractivity contribution in [1.29, 1.82) is 0 Å². The van der Waals surface area contributed by atoms with Gasteiger partial charge in [-0.15, -0.1) is 0 Å². The van der Waals surface area contributed by atoms with Crippen molar-refractivity contribution < 1.29 is 0 Å². The molecule has 0 atom stereocenters. The van der Waals surface area contributed by atoms with Crippen LogP contribution in [0.25, 0.3) is 10.8 Å². The second-order valence-electron chi connectivity index (χ2n) is 4.14. The highest BCUT2D eigenvalue weighted by atomic mass is 15.2. The van der Waals surface area contributed by atoms with Crippen molar-refractivity contribution in [3.05, 3.63) is 36.7 Å². The Morgan fingerprint density at radius 1 is 1.06 bits per heavy atom. The maximum atomic E-state index is 4.17. The van der Waals surface area contributed by atoms with Gasteiger partial charge in [-0.2, -0.15) is 0 Å². The fourth-order valence-electron chi connectivity index (χ4n) is 2.19. The molecule has 2 aromatic rings. The van der Waals surface area contributed by atoms with Gasteiger partial charge in [0.2, 0.25) is 0 Å². The Labute approximate surface area is 95.1 Å². The highest BCUT2D eigenvalue weighted by Crippen LogP contribution is 2.21. The SMILES string of the molecule is c1cc2ccc(N3CCNCC3)cc2cn1.